The molecule has 4 N–H and O–H groups in total. The van der Waals surface area contributed by atoms with Crippen molar-refractivity contribution in [1.29, 1.82) is 0 Å². The summed E-state index contributed by atoms with van der Waals surface area (Å²) >= 11 is 13.9. The van der Waals surface area contributed by atoms with E-state index in [0.717, 1.165) is 113 Å². The van der Waals surface area contributed by atoms with Crippen LogP contribution in [0.15, 0.2) is 48.7 Å². The van der Waals surface area contributed by atoms with Crippen molar-refractivity contribution < 1.29 is 24.6 Å². The number of anilines is 2. The third-order valence-electron chi connectivity index (χ3n) is 12.8. The summed E-state index contributed by atoms with van der Waals surface area (Å²) in [6.45, 7) is 4.97. The van der Waals surface area contributed by atoms with Gasteiger partial charge in [-0.2, -0.15) is 0 Å². The number of nitrogens with zero attached hydrogens (tertiary/aromatic N) is 5. The molecule has 2 fully saturated rings. The number of imidazole rings is 1. The number of carbonyl (C=O) groups is 3. The maximum absolute atomic E-state index is 13.7. The monoisotopic (exact) mass is 799 g/mol. The van der Waals surface area contributed by atoms with Crippen molar-refractivity contribution in [2.45, 2.75) is 70.9 Å². The van der Waals surface area contributed by atoms with Crippen LogP contribution >= 0.6 is 23.2 Å². The van der Waals surface area contributed by atoms with Gasteiger partial charge in [-0.05, 0) is 92.7 Å². The molecule has 2 aliphatic carbocycles. The fourth-order valence-corrected chi connectivity index (χ4v) is 10.0. The lowest BCUT2D eigenvalue weighted by atomic mass is 9.80. The van der Waals surface area contributed by atoms with Gasteiger partial charge in [0.25, 0.3) is 11.8 Å². The lowest BCUT2D eigenvalue weighted by Gasteiger charge is -2.32. The summed E-state index contributed by atoms with van der Waals surface area (Å²) in [5, 5.41) is 25.5. The SMILES string of the molecule is Cn1c(C(=O)Nc2cccc(-c3cccc(NC(=O)c4cc5c(cn4)CN(CCCO)CC5)c3Cl)c2Cl)nc2c1CCN(CCC13CCC(C(=O)O)(CC1)C3)C2. The molecular weight excluding hydrogens is 753 g/mol. The molecule has 8 rings (SSSR count). The normalized spacial score (nSPS) is 21.8. The van der Waals surface area contributed by atoms with Gasteiger partial charge in [0.2, 0.25) is 0 Å². The van der Waals surface area contributed by atoms with Gasteiger partial charge in [-0.25, -0.2) is 4.98 Å². The number of carbonyl (C=O) groups excluding carboxylic acids is 2. The molecule has 2 aromatic carbocycles. The molecule has 4 aliphatic rings. The molecule has 0 atom stereocenters. The first-order valence-corrected chi connectivity index (χ1v) is 20.3. The van der Waals surface area contributed by atoms with Crippen molar-refractivity contribution in [2.24, 2.45) is 17.9 Å². The van der Waals surface area contributed by atoms with Gasteiger partial charge in [-0.3, -0.25) is 29.2 Å². The number of benzene rings is 2. The third-order valence-corrected chi connectivity index (χ3v) is 13.6. The van der Waals surface area contributed by atoms with E-state index in [2.05, 4.69) is 25.4 Å². The first kappa shape index (κ1) is 38.5. The minimum Gasteiger partial charge on any atom is -0.481 e. The Kier molecular flexibility index (Phi) is 10.7. The van der Waals surface area contributed by atoms with Crippen molar-refractivity contribution in [2.75, 3.05) is 43.4 Å². The van der Waals surface area contributed by atoms with Crippen molar-refractivity contribution in [3.05, 3.63) is 92.7 Å². The zero-order chi connectivity index (χ0) is 39.2. The maximum Gasteiger partial charge on any atom is 0.309 e. The molecule has 12 nitrogen and oxygen atoms in total. The number of fused-ring (bicyclic) bond motifs is 4. The molecule has 2 aromatic heterocycles. The topological polar surface area (TPSA) is 153 Å². The molecular formula is C42H47Cl2N7O5. The summed E-state index contributed by atoms with van der Waals surface area (Å²) in [6.07, 6.45) is 9.39. The van der Waals surface area contributed by atoms with Crippen LogP contribution in [-0.2, 0) is 37.8 Å². The highest BCUT2D eigenvalue weighted by Gasteiger charge is 2.57. The predicted molar refractivity (Wildman–Crippen MR) is 215 cm³/mol. The van der Waals surface area contributed by atoms with E-state index in [1.165, 1.54) is 0 Å². The van der Waals surface area contributed by atoms with Crippen LogP contribution in [-0.4, -0.2) is 85.1 Å². The summed E-state index contributed by atoms with van der Waals surface area (Å²) < 4.78 is 1.86. The number of hydrogen-bond acceptors (Lipinski definition) is 8. The maximum atomic E-state index is 13.7. The number of amides is 2. The molecule has 0 radical (unpaired) electrons. The minimum absolute atomic E-state index is 0.131. The Morgan fingerprint density at radius 1 is 0.857 bits per heavy atom. The van der Waals surface area contributed by atoms with Crippen LogP contribution < -0.4 is 10.6 Å². The van der Waals surface area contributed by atoms with Crippen LogP contribution in [0.2, 0.25) is 10.0 Å². The Bertz CT molecular complexity index is 2200. The van der Waals surface area contributed by atoms with Crippen molar-refractivity contribution in [3.63, 3.8) is 0 Å². The number of aliphatic hydroxyl groups is 1. The summed E-state index contributed by atoms with van der Waals surface area (Å²) in [5.74, 6) is -1.09. The van der Waals surface area contributed by atoms with Gasteiger partial charge in [0.1, 0.15) is 5.69 Å². The van der Waals surface area contributed by atoms with Crippen LogP contribution in [0.1, 0.15) is 88.6 Å². The molecule has 4 aromatic rings. The molecule has 2 saturated carbocycles. The summed E-state index contributed by atoms with van der Waals surface area (Å²) in [4.78, 5) is 52.9. The lowest BCUT2D eigenvalue weighted by Crippen LogP contribution is -2.34. The molecule has 56 heavy (non-hydrogen) atoms. The van der Waals surface area contributed by atoms with Gasteiger partial charge < -0.3 is 25.4 Å². The molecule has 14 heteroatoms. The fourth-order valence-electron chi connectivity index (χ4n) is 9.48. The van der Waals surface area contributed by atoms with Crippen LogP contribution in [0, 0.1) is 10.8 Å². The largest absolute Gasteiger partial charge is 0.481 e. The number of nitrogens with one attached hydrogen (secondary N) is 2. The Balaban J connectivity index is 0.924. The van der Waals surface area contributed by atoms with Crippen molar-refractivity contribution in [1.82, 2.24) is 24.3 Å². The average molecular weight is 801 g/mol. The summed E-state index contributed by atoms with van der Waals surface area (Å²) in [5.41, 5.74) is 5.98. The minimum atomic E-state index is -0.630. The Morgan fingerprint density at radius 3 is 2.18 bits per heavy atom. The highest BCUT2D eigenvalue weighted by Crippen LogP contribution is 2.63. The number of pyridine rings is 1. The number of aliphatic hydroxyl groups excluding tert-OH is 1. The number of rotatable bonds is 12. The molecule has 294 valence electrons. The van der Waals surface area contributed by atoms with Gasteiger partial charge in [0, 0.05) is 75.8 Å². The number of hydrogen-bond donors (Lipinski definition) is 4. The second-order valence-electron chi connectivity index (χ2n) is 16.1. The molecule has 0 spiro atoms. The van der Waals surface area contributed by atoms with Crippen LogP contribution in [0.25, 0.3) is 11.1 Å². The van der Waals surface area contributed by atoms with Crippen molar-refractivity contribution in [3.8, 4) is 11.1 Å². The lowest BCUT2D eigenvalue weighted by molar-refractivity contribution is -0.148. The molecule has 2 bridgehead atoms. The Labute approximate surface area is 336 Å². The number of carboxylic acids is 1. The predicted octanol–water partition coefficient (Wildman–Crippen LogP) is 6.82. The van der Waals surface area contributed by atoms with Gasteiger partial charge in [-0.1, -0.05) is 47.5 Å². The van der Waals surface area contributed by atoms with Gasteiger partial charge in [0.15, 0.2) is 5.82 Å². The van der Waals surface area contributed by atoms with Crippen LogP contribution in [0.4, 0.5) is 11.4 Å². The second kappa shape index (κ2) is 15.5. The highest BCUT2D eigenvalue weighted by atomic mass is 35.5. The molecule has 4 heterocycles. The van der Waals surface area contributed by atoms with E-state index < -0.39 is 11.4 Å². The van der Waals surface area contributed by atoms with E-state index in [1.54, 1.807) is 30.5 Å². The Morgan fingerprint density at radius 2 is 1.52 bits per heavy atom. The first-order chi connectivity index (χ1) is 27.0. The summed E-state index contributed by atoms with van der Waals surface area (Å²) in [7, 11) is 1.86. The van der Waals surface area contributed by atoms with Crippen molar-refractivity contribution >= 4 is 52.4 Å². The van der Waals surface area contributed by atoms with E-state index in [9.17, 15) is 24.6 Å². The molecule has 2 amide bonds. The zero-order valence-corrected chi connectivity index (χ0v) is 33.1. The summed E-state index contributed by atoms with van der Waals surface area (Å²) in [6, 6.07) is 12.5. The number of halogens is 2. The van der Waals surface area contributed by atoms with Gasteiger partial charge in [0.05, 0.1) is 32.5 Å². The molecule has 0 saturated heterocycles. The van der Waals surface area contributed by atoms with Crippen LogP contribution in [0.5, 0.6) is 0 Å². The number of aliphatic carboxylic acids is 1. The highest BCUT2D eigenvalue weighted by molar-refractivity contribution is 6.40. The van der Waals surface area contributed by atoms with E-state index in [4.69, 9.17) is 28.2 Å². The zero-order valence-electron chi connectivity index (χ0n) is 31.5. The number of aromatic nitrogens is 3. The Hall–Kier alpha value is -4.33. The molecule has 0 unspecified atom stereocenters. The van der Waals surface area contributed by atoms with Crippen LogP contribution in [0.3, 0.4) is 0 Å². The first-order valence-electron chi connectivity index (χ1n) is 19.5. The smallest absolute Gasteiger partial charge is 0.309 e. The second-order valence-corrected chi connectivity index (χ2v) is 16.9. The van der Waals surface area contributed by atoms with Gasteiger partial charge in [-0.15, -0.1) is 0 Å². The van der Waals surface area contributed by atoms with E-state index >= 15 is 0 Å². The van der Waals surface area contributed by atoms with E-state index in [1.807, 2.05) is 29.8 Å². The van der Waals surface area contributed by atoms with Gasteiger partial charge >= 0.3 is 5.97 Å². The molecule has 2 aliphatic heterocycles. The number of carboxylic acid groups (broad SMARTS) is 1. The van der Waals surface area contributed by atoms with E-state index in [0.29, 0.717) is 50.6 Å². The standard InChI is InChI=1S/C42H47Cl2N7O5/c1-49-34-10-18-51(19-15-41-11-13-42(25-41,14-12-41)40(55)56)24-33(34)46-37(49)39(54)48-31-8-3-6-29(36(31)44)28-5-2-7-30(35(28)43)47-38(53)32-21-26-9-17-50(16-4-20-52)23-27(26)22-45-32/h2-3,5-8,21-22,52H,4,9-20,23-25H2,1H3,(H,47,53)(H,48,54)(H,55,56). The quantitative estimate of drug-likeness (QED) is 0.121. The average Bonchev–Trinajstić information content (AvgIpc) is 3.88. The van der Waals surface area contributed by atoms with E-state index in [-0.39, 0.29) is 23.8 Å². The fraction of sp³-hybridized carbons (Fsp3) is 0.452. The third kappa shape index (κ3) is 7.33.